The number of hydrogen-bond donors (Lipinski definition) is 2. The zero-order valence-electron chi connectivity index (χ0n) is 12.3. The lowest BCUT2D eigenvalue weighted by Crippen LogP contribution is -2.27. The molecule has 1 aliphatic heterocycles. The van der Waals surface area contributed by atoms with Gasteiger partial charge in [0, 0.05) is 18.0 Å². The molecule has 0 bridgehead atoms. The van der Waals surface area contributed by atoms with E-state index in [0.717, 1.165) is 53.6 Å². The van der Waals surface area contributed by atoms with E-state index in [9.17, 15) is 4.79 Å². The normalized spacial score (nSPS) is 17.9. The Kier molecular flexibility index (Phi) is 3.92. The highest BCUT2D eigenvalue weighted by atomic mass is 32.2. The van der Waals surface area contributed by atoms with E-state index < -0.39 is 0 Å². The average molecular weight is 334 g/mol. The van der Waals surface area contributed by atoms with Gasteiger partial charge in [-0.15, -0.1) is 11.3 Å². The second kappa shape index (κ2) is 6.04. The number of fused-ring (bicyclic) bond motifs is 3. The summed E-state index contributed by atoms with van der Waals surface area (Å²) in [6.07, 6.45) is 5.62. The van der Waals surface area contributed by atoms with Crippen molar-refractivity contribution < 1.29 is 0 Å². The van der Waals surface area contributed by atoms with E-state index >= 15 is 0 Å². The van der Waals surface area contributed by atoms with Crippen LogP contribution in [0.5, 0.6) is 0 Å². The molecule has 0 amide bonds. The number of aromatic nitrogens is 2. The van der Waals surface area contributed by atoms with Gasteiger partial charge in [-0.3, -0.25) is 9.79 Å². The molecule has 4 rings (SSSR count). The van der Waals surface area contributed by atoms with Gasteiger partial charge in [0.1, 0.15) is 10.7 Å². The SMILES string of the molecule is O=c1[nH]c(CSC2=NCCCN2)nc2sc3c(c12)CCCC3. The van der Waals surface area contributed by atoms with Gasteiger partial charge in [-0.2, -0.15) is 0 Å². The summed E-state index contributed by atoms with van der Waals surface area (Å²) in [6.45, 7) is 1.86. The Morgan fingerprint density at radius 1 is 1.23 bits per heavy atom. The number of H-pyrrole nitrogens is 1. The highest BCUT2D eigenvalue weighted by Gasteiger charge is 2.19. The minimum Gasteiger partial charge on any atom is -0.365 e. The van der Waals surface area contributed by atoms with E-state index in [1.54, 1.807) is 23.1 Å². The second-order valence-corrected chi connectivity index (χ2v) is 7.71. The van der Waals surface area contributed by atoms with Crippen LogP contribution in [0.3, 0.4) is 0 Å². The fraction of sp³-hybridized carbons (Fsp3) is 0.533. The van der Waals surface area contributed by atoms with Crippen LogP contribution in [-0.2, 0) is 18.6 Å². The number of thioether (sulfide) groups is 1. The van der Waals surface area contributed by atoms with Gasteiger partial charge >= 0.3 is 0 Å². The quantitative estimate of drug-likeness (QED) is 0.885. The smallest absolute Gasteiger partial charge is 0.259 e. The number of thiophene rings is 1. The minimum absolute atomic E-state index is 0.0264. The summed E-state index contributed by atoms with van der Waals surface area (Å²) in [5.41, 5.74) is 1.27. The molecule has 1 aliphatic carbocycles. The molecule has 2 aromatic heterocycles. The van der Waals surface area contributed by atoms with E-state index in [2.05, 4.69) is 20.3 Å². The number of nitrogens with zero attached hydrogens (tertiary/aromatic N) is 2. The van der Waals surface area contributed by atoms with Crippen LogP contribution in [0.15, 0.2) is 9.79 Å². The largest absolute Gasteiger partial charge is 0.365 e. The number of nitrogens with one attached hydrogen (secondary N) is 2. The van der Waals surface area contributed by atoms with Gasteiger partial charge < -0.3 is 10.3 Å². The van der Waals surface area contributed by atoms with Crippen LogP contribution in [0.4, 0.5) is 0 Å². The molecule has 0 radical (unpaired) electrons. The molecule has 0 atom stereocenters. The lowest BCUT2D eigenvalue weighted by atomic mass is 9.97. The molecular formula is C15H18N4OS2. The van der Waals surface area contributed by atoms with Gasteiger partial charge in [-0.1, -0.05) is 11.8 Å². The molecule has 116 valence electrons. The van der Waals surface area contributed by atoms with Crippen molar-refractivity contribution in [3.8, 4) is 0 Å². The van der Waals surface area contributed by atoms with E-state index in [1.807, 2.05) is 0 Å². The summed E-state index contributed by atoms with van der Waals surface area (Å²) in [4.78, 5) is 26.8. The van der Waals surface area contributed by atoms with Crippen molar-refractivity contribution in [1.82, 2.24) is 15.3 Å². The van der Waals surface area contributed by atoms with Gasteiger partial charge in [0.05, 0.1) is 11.1 Å². The molecule has 2 N–H and O–H groups in total. The van der Waals surface area contributed by atoms with Gasteiger partial charge in [-0.25, -0.2) is 4.98 Å². The lowest BCUT2D eigenvalue weighted by Gasteiger charge is -2.13. The molecule has 22 heavy (non-hydrogen) atoms. The molecule has 0 unspecified atom stereocenters. The average Bonchev–Trinajstić information content (AvgIpc) is 2.92. The Bertz CT molecular complexity index is 793. The number of aromatic amines is 1. The zero-order chi connectivity index (χ0) is 14.9. The number of aliphatic imine (C=N–C) groups is 1. The molecular weight excluding hydrogens is 316 g/mol. The second-order valence-electron chi connectivity index (χ2n) is 5.66. The van der Waals surface area contributed by atoms with Crippen molar-refractivity contribution in [3.63, 3.8) is 0 Å². The summed E-state index contributed by atoms with van der Waals surface area (Å²) in [7, 11) is 0. The molecule has 7 heteroatoms. The monoisotopic (exact) mass is 334 g/mol. The maximum absolute atomic E-state index is 12.4. The summed E-state index contributed by atoms with van der Waals surface area (Å²) < 4.78 is 0. The van der Waals surface area contributed by atoms with Crippen molar-refractivity contribution in [2.45, 2.75) is 37.9 Å². The highest BCUT2D eigenvalue weighted by molar-refractivity contribution is 8.13. The first-order valence-electron chi connectivity index (χ1n) is 7.76. The maximum Gasteiger partial charge on any atom is 0.259 e. The zero-order valence-corrected chi connectivity index (χ0v) is 13.9. The standard InChI is InChI=1S/C15H18N4OS2/c20-13-12-9-4-1-2-5-10(9)22-14(12)19-11(18-13)8-21-15-16-6-3-7-17-15/h1-8H2,(H,16,17)(H,18,19,20). The molecule has 2 aliphatic rings. The van der Waals surface area contributed by atoms with Gasteiger partial charge in [0.25, 0.3) is 5.56 Å². The van der Waals surface area contributed by atoms with Crippen LogP contribution in [0.25, 0.3) is 10.2 Å². The predicted octanol–water partition coefficient (Wildman–Crippen LogP) is 2.45. The molecule has 5 nitrogen and oxygen atoms in total. The van der Waals surface area contributed by atoms with E-state index in [0.29, 0.717) is 5.75 Å². The van der Waals surface area contributed by atoms with E-state index in [1.165, 1.54) is 23.3 Å². The summed E-state index contributed by atoms with van der Waals surface area (Å²) in [6, 6.07) is 0. The van der Waals surface area contributed by atoms with Crippen LogP contribution >= 0.6 is 23.1 Å². The third-order valence-corrected chi connectivity index (χ3v) is 6.24. The fourth-order valence-electron chi connectivity index (χ4n) is 3.02. The van der Waals surface area contributed by atoms with Crippen molar-refractivity contribution in [2.24, 2.45) is 4.99 Å². The van der Waals surface area contributed by atoms with Crippen molar-refractivity contribution >= 4 is 38.5 Å². The van der Waals surface area contributed by atoms with E-state index in [-0.39, 0.29) is 5.56 Å². The summed E-state index contributed by atoms with van der Waals surface area (Å²) in [5.74, 6) is 1.40. The molecule has 0 saturated carbocycles. The molecule has 0 saturated heterocycles. The van der Waals surface area contributed by atoms with Gasteiger partial charge in [0.15, 0.2) is 5.17 Å². The first-order valence-corrected chi connectivity index (χ1v) is 9.56. The Hall–Kier alpha value is -1.34. The van der Waals surface area contributed by atoms with Crippen LogP contribution < -0.4 is 10.9 Å². The topological polar surface area (TPSA) is 70.1 Å². The Balaban J connectivity index is 1.62. The Labute approximate surface area is 136 Å². The van der Waals surface area contributed by atoms with Crippen molar-refractivity contribution in [3.05, 3.63) is 26.6 Å². The van der Waals surface area contributed by atoms with Gasteiger partial charge in [-0.05, 0) is 37.7 Å². The minimum atomic E-state index is 0.0264. The fourth-order valence-corrected chi connectivity index (χ4v) is 5.10. The molecule has 0 spiro atoms. The van der Waals surface area contributed by atoms with Gasteiger partial charge in [0.2, 0.25) is 0 Å². The van der Waals surface area contributed by atoms with Crippen molar-refractivity contribution in [1.29, 1.82) is 0 Å². The third kappa shape index (κ3) is 2.67. The van der Waals surface area contributed by atoms with Crippen LogP contribution in [-0.4, -0.2) is 28.2 Å². The Morgan fingerprint density at radius 3 is 3.00 bits per heavy atom. The first kappa shape index (κ1) is 14.3. The number of amidine groups is 1. The lowest BCUT2D eigenvalue weighted by molar-refractivity contribution is 0.700. The number of aryl methyl sites for hydroxylation is 2. The highest BCUT2D eigenvalue weighted by Crippen LogP contribution is 2.33. The number of rotatable bonds is 2. The maximum atomic E-state index is 12.4. The third-order valence-electron chi connectivity index (χ3n) is 4.09. The number of hydrogen-bond acceptors (Lipinski definition) is 6. The molecule has 2 aromatic rings. The van der Waals surface area contributed by atoms with Crippen LogP contribution in [0, 0.1) is 0 Å². The van der Waals surface area contributed by atoms with Crippen LogP contribution in [0.1, 0.15) is 35.5 Å². The summed E-state index contributed by atoms with van der Waals surface area (Å²) >= 11 is 3.32. The molecule has 0 aromatic carbocycles. The van der Waals surface area contributed by atoms with Crippen LogP contribution in [0.2, 0.25) is 0 Å². The predicted molar refractivity (Wildman–Crippen MR) is 93.1 cm³/mol. The molecule has 0 fully saturated rings. The first-order chi connectivity index (χ1) is 10.8. The Morgan fingerprint density at radius 2 is 2.14 bits per heavy atom. The van der Waals surface area contributed by atoms with E-state index in [4.69, 9.17) is 0 Å². The van der Waals surface area contributed by atoms with Crippen molar-refractivity contribution in [2.75, 3.05) is 13.1 Å². The molecule has 3 heterocycles. The summed E-state index contributed by atoms with van der Waals surface area (Å²) in [5, 5.41) is 5.07.